The van der Waals surface area contributed by atoms with Gasteiger partial charge in [-0.25, -0.2) is 4.39 Å². The minimum absolute atomic E-state index is 0.233. The highest BCUT2D eigenvalue weighted by Gasteiger charge is 2.04. The highest BCUT2D eigenvalue weighted by molar-refractivity contribution is 9.10. The summed E-state index contributed by atoms with van der Waals surface area (Å²) in [7, 11) is 1.44. The molecule has 0 spiro atoms. The lowest BCUT2D eigenvalue weighted by molar-refractivity contribution is 0.386. The van der Waals surface area contributed by atoms with E-state index in [0.29, 0.717) is 16.9 Å². The van der Waals surface area contributed by atoms with Gasteiger partial charge in [-0.1, -0.05) is 0 Å². The number of hydrogen-bond acceptors (Lipinski definition) is 3. The van der Waals surface area contributed by atoms with Gasteiger partial charge in [-0.15, -0.1) is 0 Å². The Kier molecular flexibility index (Phi) is 3.68. The SMILES string of the molecule is COc1ccc(NCc2ccc(Br)o2)cc1F. The molecular formula is C12H11BrFNO2. The standard InChI is InChI=1S/C12H11BrFNO2/c1-16-11-4-2-8(6-10(11)14)15-7-9-3-5-12(13)17-9/h2-6,15H,7H2,1H3. The Bertz CT molecular complexity index is 513. The molecule has 5 heteroatoms. The average molecular weight is 300 g/mol. The first-order valence-corrected chi connectivity index (χ1v) is 5.80. The van der Waals surface area contributed by atoms with Crippen LogP contribution in [0.2, 0.25) is 0 Å². The molecule has 0 fully saturated rings. The zero-order chi connectivity index (χ0) is 12.3. The van der Waals surface area contributed by atoms with Crippen molar-refractivity contribution in [3.05, 3.63) is 46.6 Å². The lowest BCUT2D eigenvalue weighted by atomic mass is 10.3. The van der Waals surface area contributed by atoms with E-state index in [2.05, 4.69) is 21.2 Å². The molecule has 0 saturated carbocycles. The molecule has 0 unspecified atom stereocenters. The zero-order valence-electron chi connectivity index (χ0n) is 9.17. The maximum Gasteiger partial charge on any atom is 0.169 e. The lowest BCUT2D eigenvalue weighted by Gasteiger charge is -2.06. The van der Waals surface area contributed by atoms with Gasteiger partial charge in [0.05, 0.1) is 13.7 Å². The van der Waals surface area contributed by atoms with E-state index in [0.717, 1.165) is 5.76 Å². The summed E-state index contributed by atoms with van der Waals surface area (Å²) >= 11 is 3.22. The Morgan fingerprint density at radius 3 is 2.76 bits per heavy atom. The largest absolute Gasteiger partial charge is 0.494 e. The first-order chi connectivity index (χ1) is 8.19. The molecule has 2 rings (SSSR count). The van der Waals surface area contributed by atoms with Gasteiger partial charge in [-0.2, -0.15) is 0 Å². The van der Waals surface area contributed by atoms with E-state index < -0.39 is 5.82 Å². The summed E-state index contributed by atoms with van der Waals surface area (Å²) in [5.41, 5.74) is 0.677. The van der Waals surface area contributed by atoms with Gasteiger partial charge < -0.3 is 14.5 Å². The molecule has 0 bridgehead atoms. The number of hydrogen-bond donors (Lipinski definition) is 1. The average Bonchev–Trinajstić information content (AvgIpc) is 2.73. The highest BCUT2D eigenvalue weighted by atomic mass is 79.9. The van der Waals surface area contributed by atoms with Crippen molar-refractivity contribution in [2.45, 2.75) is 6.54 Å². The van der Waals surface area contributed by atoms with Gasteiger partial charge in [0.25, 0.3) is 0 Å². The Hall–Kier alpha value is -1.49. The summed E-state index contributed by atoms with van der Waals surface area (Å²) in [6, 6.07) is 8.37. The maximum absolute atomic E-state index is 13.4. The van der Waals surface area contributed by atoms with Crippen LogP contribution in [0.5, 0.6) is 5.75 Å². The van der Waals surface area contributed by atoms with E-state index in [4.69, 9.17) is 9.15 Å². The minimum atomic E-state index is -0.391. The van der Waals surface area contributed by atoms with Crippen LogP contribution in [-0.4, -0.2) is 7.11 Å². The van der Waals surface area contributed by atoms with Crippen LogP contribution >= 0.6 is 15.9 Å². The van der Waals surface area contributed by atoms with Crippen LogP contribution in [0.15, 0.2) is 39.4 Å². The van der Waals surface area contributed by atoms with Gasteiger partial charge in [0.1, 0.15) is 5.76 Å². The second-order valence-electron chi connectivity index (χ2n) is 3.41. The van der Waals surface area contributed by atoms with Crippen molar-refractivity contribution in [3.63, 3.8) is 0 Å². The number of methoxy groups -OCH3 is 1. The van der Waals surface area contributed by atoms with Gasteiger partial charge in [0.2, 0.25) is 0 Å². The third-order valence-electron chi connectivity index (χ3n) is 2.25. The van der Waals surface area contributed by atoms with Crippen molar-refractivity contribution in [3.8, 4) is 5.75 Å². The number of halogens is 2. The van der Waals surface area contributed by atoms with E-state index in [9.17, 15) is 4.39 Å². The smallest absolute Gasteiger partial charge is 0.169 e. The van der Waals surface area contributed by atoms with Gasteiger partial charge in [-0.05, 0) is 40.2 Å². The first-order valence-electron chi connectivity index (χ1n) is 5.00. The van der Waals surface area contributed by atoms with Crippen LogP contribution in [-0.2, 0) is 6.54 Å². The van der Waals surface area contributed by atoms with Crippen LogP contribution < -0.4 is 10.1 Å². The predicted molar refractivity (Wildman–Crippen MR) is 66.7 cm³/mol. The minimum Gasteiger partial charge on any atom is -0.494 e. The van der Waals surface area contributed by atoms with Gasteiger partial charge in [-0.3, -0.25) is 0 Å². The Balaban J connectivity index is 2.02. The van der Waals surface area contributed by atoms with Crippen molar-refractivity contribution in [1.82, 2.24) is 0 Å². The molecule has 0 radical (unpaired) electrons. The molecule has 90 valence electrons. The summed E-state index contributed by atoms with van der Waals surface area (Å²) in [5.74, 6) is 0.613. The van der Waals surface area contributed by atoms with Gasteiger partial charge in [0.15, 0.2) is 16.2 Å². The molecule has 1 heterocycles. The molecular weight excluding hydrogens is 289 g/mol. The van der Waals surface area contributed by atoms with Crippen LogP contribution in [0.3, 0.4) is 0 Å². The molecule has 17 heavy (non-hydrogen) atoms. The third kappa shape index (κ3) is 3.00. The number of nitrogens with one attached hydrogen (secondary N) is 1. The second kappa shape index (κ2) is 5.23. The molecule has 3 nitrogen and oxygen atoms in total. The van der Waals surface area contributed by atoms with Crippen molar-refractivity contribution in [2.24, 2.45) is 0 Å². The third-order valence-corrected chi connectivity index (χ3v) is 2.67. The van der Waals surface area contributed by atoms with Gasteiger partial charge in [0, 0.05) is 11.8 Å². The number of rotatable bonds is 4. The summed E-state index contributed by atoms with van der Waals surface area (Å²) in [6.45, 7) is 0.497. The summed E-state index contributed by atoms with van der Waals surface area (Å²) in [6.07, 6.45) is 0. The second-order valence-corrected chi connectivity index (χ2v) is 4.19. The summed E-state index contributed by atoms with van der Waals surface area (Å²) in [4.78, 5) is 0. The predicted octanol–water partition coefficient (Wildman–Crippen LogP) is 3.80. The van der Waals surface area contributed by atoms with Crippen LogP contribution in [0.4, 0.5) is 10.1 Å². The lowest BCUT2D eigenvalue weighted by Crippen LogP contribution is -1.99. The zero-order valence-corrected chi connectivity index (χ0v) is 10.8. The monoisotopic (exact) mass is 299 g/mol. The molecule has 0 aliphatic rings. The Labute approximate surface area is 107 Å². The Morgan fingerprint density at radius 2 is 2.18 bits per heavy atom. The number of anilines is 1. The van der Waals surface area contributed by atoms with E-state index in [1.54, 1.807) is 12.1 Å². The normalized spacial score (nSPS) is 10.3. The summed E-state index contributed by atoms with van der Waals surface area (Å²) in [5, 5.41) is 3.06. The Morgan fingerprint density at radius 1 is 1.35 bits per heavy atom. The quantitative estimate of drug-likeness (QED) is 0.932. The van der Waals surface area contributed by atoms with Gasteiger partial charge >= 0.3 is 0 Å². The number of furan rings is 1. The maximum atomic E-state index is 13.4. The molecule has 0 atom stereocenters. The molecule has 0 aliphatic heterocycles. The van der Waals surface area contributed by atoms with E-state index in [1.807, 2.05) is 12.1 Å². The van der Waals surface area contributed by atoms with Crippen molar-refractivity contribution in [2.75, 3.05) is 12.4 Å². The van der Waals surface area contributed by atoms with Crippen molar-refractivity contribution in [1.29, 1.82) is 0 Å². The topological polar surface area (TPSA) is 34.4 Å². The van der Waals surface area contributed by atoms with Crippen molar-refractivity contribution < 1.29 is 13.5 Å². The summed E-state index contributed by atoms with van der Waals surface area (Å²) < 4.78 is 24.2. The fourth-order valence-electron chi connectivity index (χ4n) is 1.41. The molecule has 2 aromatic rings. The molecule has 0 saturated heterocycles. The van der Waals surface area contributed by atoms with E-state index >= 15 is 0 Å². The molecule has 1 aromatic heterocycles. The van der Waals surface area contributed by atoms with Crippen LogP contribution in [0.25, 0.3) is 0 Å². The van der Waals surface area contributed by atoms with E-state index in [1.165, 1.54) is 13.2 Å². The molecule has 1 N–H and O–H groups in total. The highest BCUT2D eigenvalue weighted by Crippen LogP contribution is 2.21. The molecule has 0 amide bonds. The number of benzene rings is 1. The van der Waals surface area contributed by atoms with Crippen molar-refractivity contribution >= 4 is 21.6 Å². The van der Waals surface area contributed by atoms with Crippen LogP contribution in [0, 0.1) is 5.82 Å². The molecule has 1 aromatic carbocycles. The van der Waals surface area contributed by atoms with Crippen LogP contribution in [0.1, 0.15) is 5.76 Å². The number of ether oxygens (including phenoxy) is 1. The molecule has 0 aliphatic carbocycles. The first kappa shape index (κ1) is 12.0. The fraction of sp³-hybridized carbons (Fsp3) is 0.167. The fourth-order valence-corrected chi connectivity index (χ4v) is 1.75. The van der Waals surface area contributed by atoms with E-state index in [-0.39, 0.29) is 5.75 Å².